The van der Waals surface area contributed by atoms with Gasteiger partial charge in [0, 0.05) is 37.1 Å². The number of pyridine rings is 1. The Morgan fingerprint density at radius 2 is 1.96 bits per heavy atom. The standard InChI is InChI=1S/C17H19BrN2O3/c1-22-10-9-20(12-13-5-7-19-8-6-13)17(21)15-11-14(23-2)3-4-16(15)18/h3-8,11H,9-10,12H2,1-2H3. The quantitative estimate of drug-likeness (QED) is 0.742. The number of methoxy groups -OCH3 is 2. The molecule has 2 aromatic rings. The van der Waals surface area contributed by atoms with Gasteiger partial charge in [-0.15, -0.1) is 0 Å². The van der Waals surface area contributed by atoms with Crippen molar-refractivity contribution in [3.8, 4) is 5.75 Å². The number of carbonyl (C=O) groups is 1. The Kier molecular flexibility index (Phi) is 6.55. The van der Waals surface area contributed by atoms with Crippen LogP contribution in [0.2, 0.25) is 0 Å². The molecule has 2 rings (SSSR count). The Labute approximate surface area is 144 Å². The molecule has 0 aliphatic heterocycles. The van der Waals surface area contributed by atoms with Gasteiger partial charge in [0.15, 0.2) is 0 Å². The van der Waals surface area contributed by atoms with Crippen LogP contribution in [0.1, 0.15) is 15.9 Å². The van der Waals surface area contributed by atoms with Gasteiger partial charge in [0.1, 0.15) is 5.75 Å². The Morgan fingerprint density at radius 1 is 1.22 bits per heavy atom. The third-order valence-electron chi connectivity index (χ3n) is 3.38. The molecule has 0 spiro atoms. The fourth-order valence-electron chi connectivity index (χ4n) is 2.13. The minimum Gasteiger partial charge on any atom is -0.497 e. The molecule has 0 fully saturated rings. The number of ether oxygens (including phenoxy) is 2. The molecule has 0 unspecified atom stereocenters. The fraction of sp³-hybridized carbons (Fsp3) is 0.294. The van der Waals surface area contributed by atoms with Crippen molar-refractivity contribution < 1.29 is 14.3 Å². The molecule has 0 bridgehead atoms. The van der Waals surface area contributed by atoms with E-state index in [1.807, 2.05) is 24.3 Å². The molecule has 0 saturated carbocycles. The Bertz CT molecular complexity index is 650. The fourth-order valence-corrected chi connectivity index (χ4v) is 2.54. The van der Waals surface area contributed by atoms with E-state index in [1.54, 1.807) is 37.6 Å². The van der Waals surface area contributed by atoms with Crippen LogP contribution in [0.25, 0.3) is 0 Å². The molecule has 122 valence electrons. The molecule has 0 saturated heterocycles. The number of halogens is 1. The normalized spacial score (nSPS) is 10.4. The lowest BCUT2D eigenvalue weighted by molar-refractivity contribution is 0.0679. The summed E-state index contributed by atoms with van der Waals surface area (Å²) < 4.78 is 11.1. The van der Waals surface area contributed by atoms with Crippen molar-refractivity contribution in [2.75, 3.05) is 27.4 Å². The van der Waals surface area contributed by atoms with Gasteiger partial charge in [0.25, 0.3) is 5.91 Å². The van der Waals surface area contributed by atoms with Gasteiger partial charge in [-0.1, -0.05) is 0 Å². The van der Waals surface area contributed by atoms with E-state index in [1.165, 1.54) is 0 Å². The van der Waals surface area contributed by atoms with Crippen molar-refractivity contribution in [2.24, 2.45) is 0 Å². The molecule has 5 nitrogen and oxygen atoms in total. The lowest BCUT2D eigenvalue weighted by Crippen LogP contribution is -2.33. The van der Waals surface area contributed by atoms with Crippen molar-refractivity contribution in [3.05, 3.63) is 58.3 Å². The van der Waals surface area contributed by atoms with Gasteiger partial charge >= 0.3 is 0 Å². The molecule has 0 aliphatic rings. The van der Waals surface area contributed by atoms with Gasteiger partial charge < -0.3 is 14.4 Å². The summed E-state index contributed by atoms with van der Waals surface area (Å²) in [6.07, 6.45) is 3.44. The van der Waals surface area contributed by atoms with E-state index in [2.05, 4.69) is 20.9 Å². The van der Waals surface area contributed by atoms with E-state index in [9.17, 15) is 4.79 Å². The molecule has 0 atom stereocenters. The van der Waals surface area contributed by atoms with Gasteiger partial charge in [-0.25, -0.2) is 0 Å². The van der Waals surface area contributed by atoms with Crippen molar-refractivity contribution in [3.63, 3.8) is 0 Å². The predicted molar refractivity (Wildman–Crippen MR) is 91.5 cm³/mol. The summed E-state index contributed by atoms with van der Waals surface area (Å²) in [6.45, 7) is 1.47. The predicted octanol–water partition coefficient (Wildman–Crippen LogP) is 3.14. The molecular formula is C17H19BrN2O3. The number of aromatic nitrogens is 1. The second-order valence-corrected chi connectivity index (χ2v) is 5.78. The van der Waals surface area contributed by atoms with Gasteiger partial charge in [-0.2, -0.15) is 0 Å². The zero-order valence-electron chi connectivity index (χ0n) is 13.2. The largest absolute Gasteiger partial charge is 0.497 e. The number of nitrogens with zero attached hydrogens (tertiary/aromatic N) is 2. The first kappa shape index (κ1) is 17.4. The maximum absolute atomic E-state index is 12.9. The Hall–Kier alpha value is -1.92. The average molecular weight is 379 g/mol. The van der Waals surface area contributed by atoms with Gasteiger partial charge in [0.2, 0.25) is 0 Å². The van der Waals surface area contributed by atoms with Crippen LogP contribution in [0, 0.1) is 0 Å². The molecule has 0 radical (unpaired) electrons. The van der Waals surface area contributed by atoms with Crippen LogP contribution in [0.3, 0.4) is 0 Å². The molecular weight excluding hydrogens is 360 g/mol. The lowest BCUT2D eigenvalue weighted by Gasteiger charge is -2.23. The number of benzene rings is 1. The number of rotatable bonds is 7. The zero-order chi connectivity index (χ0) is 16.7. The summed E-state index contributed by atoms with van der Waals surface area (Å²) in [7, 11) is 3.20. The third-order valence-corrected chi connectivity index (χ3v) is 4.07. The van der Waals surface area contributed by atoms with Crippen LogP contribution < -0.4 is 4.74 Å². The van der Waals surface area contributed by atoms with Crippen LogP contribution >= 0.6 is 15.9 Å². The van der Waals surface area contributed by atoms with Crippen molar-refractivity contribution >= 4 is 21.8 Å². The monoisotopic (exact) mass is 378 g/mol. The van der Waals surface area contributed by atoms with Gasteiger partial charge in [0.05, 0.1) is 19.3 Å². The second-order valence-electron chi connectivity index (χ2n) is 4.92. The molecule has 0 aliphatic carbocycles. The van der Waals surface area contributed by atoms with E-state index in [4.69, 9.17) is 9.47 Å². The number of hydrogen-bond acceptors (Lipinski definition) is 4. The van der Waals surface area contributed by atoms with E-state index in [-0.39, 0.29) is 5.91 Å². The summed E-state index contributed by atoms with van der Waals surface area (Å²) in [5.41, 5.74) is 1.58. The van der Waals surface area contributed by atoms with E-state index < -0.39 is 0 Å². The smallest absolute Gasteiger partial charge is 0.255 e. The summed E-state index contributed by atoms with van der Waals surface area (Å²) >= 11 is 3.44. The van der Waals surface area contributed by atoms with Crippen molar-refractivity contribution in [1.29, 1.82) is 0 Å². The minimum atomic E-state index is -0.0790. The Balaban J connectivity index is 2.25. The molecule has 6 heteroatoms. The minimum absolute atomic E-state index is 0.0790. The highest BCUT2D eigenvalue weighted by atomic mass is 79.9. The van der Waals surface area contributed by atoms with Gasteiger partial charge in [-0.05, 0) is 51.8 Å². The molecule has 1 aromatic carbocycles. The molecule has 1 amide bonds. The maximum atomic E-state index is 12.9. The first-order chi connectivity index (χ1) is 11.2. The summed E-state index contributed by atoms with van der Waals surface area (Å²) in [4.78, 5) is 18.7. The highest BCUT2D eigenvalue weighted by molar-refractivity contribution is 9.10. The molecule has 23 heavy (non-hydrogen) atoms. The van der Waals surface area contributed by atoms with Crippen LogP contribution in [-0.2, 0) is 11.3 Å². The topological polar surface area (TPSA) is 51.7 Å². The third kappa shape index (κ3) is 4.77. The highest BCUT2D eigenvalue weighted by Crippen LogP contribution is 2.24. The van der Waals surface area contributed by atoms with Crippen LogP contribution in [0.5, 0.6) is 5.75 Å². The number of amides is 1. The first-order valence-corrected chi connectivity index (χ1v) is 7.95. The molecule has 1 heterocycles. The van der Waals surface area contributed by atoms with Crippen LogP contribution in [0.15, 0.2) is 47.2 Å². The lowest BCUT2D eigenvalue weighted by atomic mass is 10.1. The van der Waals surface area contributed by atoms with Crippen molar-refractivity contribution in [2.45, 2.75) is 6.54 Å². The Morgan fingerprint density at radius 3 is 2.61 bits per heavy atom. The summed E-state index contributed by atoms with van der Waals surface area (Å²) in [5.74, 6) is 0.566. The summed E-state index contributed by atoms with van der Waals surface area (Å²) in [5, 5.41) is 0. The van der Waals surface area contributed by atoms with E-state index >= 15 is 0 Å². The molecule has 0 N–H and O–H groups in total. The number of carbonyl (C=O) groups excluding carboxylic acids is 1. The first-order valence-electron chi connectivity index (χ1n) is 7.16. The van der Waals surface area contributed by atoms with Crippen molar-refractivity contribution in [1.82, 2.24) is 9.88 Å². The molecule has 1 aromatic heterocycles. The number of hydrogen-bond donors (Lipinski definition) is 0. The van der Waals surface area contributed by atoms with Gasteiger partial charge in [-0.3, -0.25) is 9.78 Å². The van der Waals surface area contributed by atoms with E-state index in [0.29, 0.717) is 31.0 Å². The van der Waals surface area contributed by atoms with Crippen LogP contribution in [-0.4, -0.2) is 43.2 Å². The maximum Gasteiger partial charge on any atom is 0.255 e. The van der Waals surface area contributed by atoms with Crippen LogP contribution in [0.4, 0.5) is 0 Å². The second kappa shape index (κ2) is 8.64. The summed E-state index contributed by atoms with van der Waals surface area (Å²) in [6, 6.07) is 9.15. The average Bonchev–Trinajstić information content (AvgIpc) is 2.59. The highest BCUT2D eigenvalue weighted by Gasteiger charge is 2.19. The zero-order valence-corrected chi connectivity index (χ0v) is 14.7. The SMILES string of the molecule is COCCN(Cc1ccncc1)C(=O)c1cc(OC)ccc1Br. The van der Waals surface area contributed by atoms with E-state index in [0.717, 1.165) is 10.0 Å².